The summed E-state index contributed by atoms with van der Waals surface area (Å²) in [6.45, 7) is 11.6. The van der Waals surface area contributed by atoms with E-state index in [1.807, 2.05) is 0 Å². The molecule has 20 heavy (non-hydrogen) atoms. The quantitative estimate of drug-likeness (QED) is 0.785. The smallest absolute Gasteiger partial charge is 0.0223 e. The molecule has 0 saturated carbocycles. The fraction of sp³-hybridized carbons (Fsp3) is 1.00. The minimum absolute atomic E-state index is 0.853. The first-order chi connectivity index (χ1) is 9.86. The van der Waals surface area contributed by atoms with Gasteiger partial charge in [0.15, 0.2) is 0 Å². The van der Waals surface area contributed by atoms with E-state index in [-0.39, 0.29) is 0 Å². The van der Waals surface area contributed by atoms with Gasteiger partial charge in [0, 0.05) is 18.6 Å². The Morgan fingerprint density at radius 2 is 1.40 bits per heavy atom. The standard InChI is InChI=1S/C17H33N3/c1-2-18-10-6-7-17(15-18)20-13-8-16(9-14-20)19-11-4-3-5-12-19/h16-17H,2-15H2,1H3/t17-/m1/s1. The Labute approximate surface area is 125 Å². The van der Waals surface area contributed by atoms with Crippen molar-refractivity contribution >= 4 is 0 Å². The molecule has 3 heterocycles. The first-order valence-electron chi connectivity index (χ1n) is 9.07. The molecule has 0 aromatic carbocycles. The number of hydrogen-bond acceptors (Lipinski definition) is 3. The van der Waals surface area contributed by atoms with Gasteiger partial charge in [-0.15, -0.1) is 0 Å². The van der Waals surface area contributed by atoms with Gasteiger partial charge >= 0.3 is 0 Å². The van der Waals surface area contributed by atoms with Crippen molar-refractivity contribution < 1.29 is 0 Å². The lowest BCUT2D eigenvalue weighted by molar-refractivity contribution is 0.0444. The van der Waals surface area contributed by atoms with Crippen molar-refractivity contribution in [3.05, 3.63) is 0 Å². The van der Waals surface area contributed by atoms with E-state index in [2.05, 4.69) is 21.6 Å². The molecule has 3 saturated heterocycles. The van der Waals surface area contributed by atoms with Crippen molar-refractivity contribution in [2.45, 2.75) is 64.0 Å². The molecule has 1 atom stereocenters. The molecule has 3 nitrogen and oxygen atoms in total. The lowest BCUT2D eigenvalue weighted by Gasteiger charge is -2.45. The maximum atomic E-state index is 2.81. The van der Waals surface area contributed by atoms with Gasteiger partial charge in [0.1, 0.15) is 0 Å². The van der Waals surface area contributed by atoms with Crippen LogP contribution in [0.1, 0.15) is 51.9 Å². The van der Waals surface area contributed by atoms with Crippen molar-refractivity contribution in [2.75, 3.05) is 45.8 Å². The molecule has 3 rings (SSSR count). The summed E-state index contributed by atoms with van der Waals surface area (Å²) in [5.74, 6) is 0. The molecule has 0 bridgehead atoms. The van der Waals surface area contributed by atoms with Crippen LogP contribution in [0, 0.1) is 0 Å². The molecule has 116 valence electrons. The van der Waals surface area contributed by atoms with Crippen LogP contribution in [-0.2, 0) is 0 Å². The van der Waals surface area contributed by atoms with E-state index in [4.69, 9.17) is 0 Å². The Bertz CT molecular complexity index is 280. The van der Waals surface area contributed by atoms with Crippen LogP contribution in [0.2, 0.25) is 0 Å². The van der Waals surface area contributed by atoms with Gasteiger partial charge in [-0.05, 0) is 77.8 Å². The van der Waals surface area contributed by atoms with Gasteiger partial charge in [-0.3, -0.25) is 4.90 Å². The second kappa shape index (κ2) is 7.24. The molecule has 3 aliphatic rings. The number of likely N-dealkylation sites (N-methyl/N-ethyl adjacent to an activating group) is 1. The fourth-order valence-corrected chi connectivity index (χ4v) is 4.52. The molecule has 0 amide bonds. The van der Waals surface area contributed by atoms with Gasteiger partial charge in [0.25, 0.3) is 0 Å². The molecular formula is C17H33N3. The molecule has 0 aliphatic carbocycles. The van der Waals surface area contributed by atoms with Crippen LogP contribution in [-0.4, -0.2) is 72.6 Å². The fourth-order valence-electron chi connectivity index (χ4n) is 4.52. The summed E-state index contributed by atoms with van der Waals surface area (Å²) in [6.07, 6.45) is 10.0. The number of nitrogens with zero attached hydrogens (tertiary/aromatic N) is 3. The average Bonchev–Trinajstić information content (AvgIpc) is 2.56. The van der Waals surface area contributed by atoms with Crippen LogP contribution in [0.5, 0.6) is 0 Å². The van der Waals surface area contributed by atoms with Crippen LogP contribution in [0.25, 0.3) is 0 Å². The number of likely N-dealkylation sites (tertiary alicyclic amines) is 3. The summed E-state index contributed by atoms with van der Waals surface area (Å²) in [4.78, 5) is 8.24. The summed E-state index contributed by atoms with van der Waals surface area (Å²) >= 11 is 0. The largest absolute Gasteiger partial charge is 0.302 e. The normalized spacial score (nSPS) is 32.5. The molecule has 3 fully saturated rings. The van der Waals surface area contributed by atoms with Gasteiger partial charge in [0.2, 0.25) is 0 Å². The second-order valence-corrected chi connectivity index (χ2v) is 7.05. The molecule has 0 unspecified atom stereocenters. The molecule has 0 N–H and O–H groups in total. The highest BCUT2D eigenvalue weighted by atomic mass is 15.3. The summed E-state index contributed by atoms with van der Waals surface area (Å²) in [7, 11) is 0. The van der Waals surface area contributed by atoms with Crippen molar-refractivity contribution in [3.8, 4) is 0 Å². The third kappa shape index (κ3) is 3.55. The molecule has 3 heteroatoms. The predicted molar refractivity (Wildman–Crippen MR) is 85.2 cm³/mol. The van der Waals surface area contributed by atoms with E-state index < -0.39 is 0 Å². The first-order valence-corrected chi connectivity index (χ1v) is 9.07. The van der Waals surface area contributed by atoms with E-state index in [1.165, 1.54) is 90.8 Å². The van der Waals surface area contributed by atoms with Gasteiger partial charge in [-0.1, -0.05) is 13.3 Å². The topological polar surface area (TPSA) is 9.72 Å². The zero-order chi connectivity index (χ0) is 13.8. The molecular weight excluding hydrogens is 246 g/mol. The maximum Gasteiger partial charge on any atom is 0.0223 e. The van der Waals surface area contributed by atoms with Crippen molar-refractivity contribution in [3.63, 3.8) is 0 Å². The zero-order valence-corrected chi connectivity index (χ0v) is 13.4. The highest BCUT2D eigenvalue weighted by molar-refractivity contribution is 4.87. The lowest BCUT2D eigenvalue weighted by atomic mass is 9.96. The van der Waals surface area contributed by atoms with Crippen LogP contribution >= 0.6 is 0 Å². The Hall–Kier alpha value is -0.120. The average molecular weight is 279 g/mol. The summed E-state index contributed by atoms with van der Waals surface area (Å²) in [5, 5.41) is 0. The molecule has 0 radical (unpaired) electrons. The lowest BCUT2D eigenvalue weighted by Crippen LogP contribution is -2.53. The van der Waals surface area contributed by atoms with Crippen LogP contribution in [0.3, 0.4) is 0 Å². The van der Waals surface area contributed by atoms with Gasteiger partial charge in [-0.25, -0.2) is 0 Å². The molecule has 3 aliphatic heterocycles. The van der Waals surface area contributed by atoms with E-state index >= 15 is 0 Å². The van der Waals surface area contributed by atoms with Crippen LogP contribution < -0.4 is 0 Å². The van der Waals surface area contributed by atoms with E-state index in [1.54, 1.807) is 0 Å². The predicted octanol–water partition coefficient (Wildman–Crippen LogP) is 2.42. The maximum absolute atomic E-state index is 2.81. The minimum atomic E-state index is 0.853. The third-order valence-electron chi connectivity index (χ3n) is 5.85. The summed E-state index contributed by atoms with van der Waals surface area (Å²) in [5.41, 5.74) is 0. The summed E-state index contributed by atoms with van der Waals surface area (Å²) < 4.78 is 0. The van der Waals surface area contributed by atoms with Crippen LogP contribution in [0.4, 0.5) is 0 Å². The van der Waals surface area contributed by atoms with E-state index in [0.29, 0.717) is 0 Å². The Balaban J connectivity index is 1.45. The number of piperidine rings is 3. The van der Waals surface area contributed by atoms with Crippen molar-refractivity contribution in [1.29, 1.82) is 0 Å². The Morgan fingerprint density at radius 1 is 0.700 bits per heavy atom. The summed E-state index contributed by atoms with van der Waals surface area (Å²) in [6, 6.07) is 1.75. The SMILES string of the molecule is CCN1CCC[C@@H](N2CCC(N3CCCCC3)CC2)C1. The molecule has 0 aromatic rings. The number of rotatable bonds is 3. The Morgan fingerprint density at radius 3 is 2.10 bits per heavy atom. The highest BCUT2D eigenvalue weighted by Crippen LogP contribution is 2.24. The van der Waals surface area contributed by atoms with Gasteiger partial charge in [0.05, 0.1) is 0 Å². The molecule has 0 aromatic heterocycles. The minimum Gasteiger partial charge on any atom is -0.302 e. The highest BCUT2D eigenvalue weighted by Gasteiger charge is 2.30. The zero-order valence-electron chi connectivity index (χ0n) is 13.4. The van der Waals surface area contributed by atoms with E-state index in [9.17, 15) is 0 Å². The van der Waals surface area contributed by atoms with Crippen molar-refractivity contribution in [1.82, 2.24) is 14.7 Å². The molecule has 0 spiro atoms. The van der Waals surface area contributed by atoms with Crippen LogP contribution in [0.15, 0.2) is 0 Å². The van der Waals surface area contributed by atoms with E-state index in [0.717, 1.165) is 12.1 Å². The van der Waals surface area contributed by atoms with Gasteiger partial charge in [-0.2, -0.15) is 0 Å². The monoisotopic (exact) mass is 279 g/mol. The number of hydrogen-bond donors (Lipinski definition) is 0. The first kappa shape index (κ1) is 14.8. The van der Waals surface area contributed by atoms with Gasteiger partial charge < -0.3 is 9.80 Å². The third-order valence-corrected chi connectivity index (χ3v) is 5.85. The van der Waals surface area contributed by atoms with Crippen molar-refractivity contribution in [2.24, 2.45) is 0 Å². The Kier molecular flexibility index (Phi) is 5.36. The second-order valence-electron chi connectivity index (χ2n) is 7.05.